The molecule has 1 amide bonds. The Morgan fingerprint density at radius 1 is 1.23 bits per heavy atom. The third kappa shape index (κ3) is 9.30. The van der Waals surface area contributed by atoms with Gasteiger partial charge in [0.15, 0.2) is 0 Å². The van der Waals surface area contributed by atoms with Crippen LogP contribution in [0.4, 0.5) is 0 Å². The molecule has 4 heteroatoms. The summed E-state index contributed by atoms with van der Waals surface area (Å²) in [5.74, 6) is 0.0239. The van der Waals surface area contributed by atoms with Gasteiger partial charge in [-0.3, -0.25) is 4.79 Å². The van der Waals surface area contributed by atoms with Crippen molar-refractivity contribution in [2.24, 2.45) is 0 Å². The maximum absolute atomic E-state index is 10.8. The second kappa shape index (κ2) is 5.94. The first-order valence-corrected chi connectivity index (χ1v) is 4.62. The number of hydrogen-bond donors (Lipinski definition) is 3. The summed E-state index contributed by atoms with van der Waals surface area (Å²) in [6, 6.07) is 0. The summed E-state index contributed by atoms with van der Waals surface area (Å²) in [5.41, 5.74) is 0.148. The predicted molar refractivity (Wildman–Crippen MR) is 54.7 cm³/mol. The molecule has 0 heterocycles. The van der Waals surface area contributed by atoms with Crippen LogP contribution >= 0.6 is 0 Å². The maximum Gasteiger partial charge on any atom is 0.233 e. The quantitative estimate of drug-likeness (QED) is 0.518. The molecule has 13 heavy (non-hydrogen) atoms. The number of rotatable bonds is 5. The van der Waals surface area contributed by atoms with Crippen LogP contribution in [0.5, 0.6) is 0 Å². The molecule has 3 N–H and O–H groups in total. The Balaban J connectivity index is 3.22. The zero-order valence-electron chi connectivity index (χ0n) is 9.03. The van der Waals surface area contributed by atoms with Gasteiger partial charge in [-0.1, -0.05) is 0 Å². The van der Waals surface area contributed by atoms with Gasteiger partial charge in [0, 0.05) is 25.7 Å². The van der Waals surface area contributed by atoms with Gasteiger partial charge in [0.25, 0.3) is 0 Å². The minimum absolute atomic E-state index is 0.0239. The second-order valence-electron chi connectivity index (χ2n) is 4.03. The average Bonchev–Trinajstić information content (AvgIpc) is 2.01. The molecule has 0 fully saturated rings. The van der Waals surface area contributed by atoms with E-state index >= 15 is 0 Å². The van der Waals surface area contributed by atoms with Crippen LogP contribution in [0.1, 0.15) is 20.8 Å². The van der Waals surface area contributed by atoms with Crippen molar-refractivity contribution >= 4 is 5.91 Å². The van der Waals surface area contributed by atoms with Gasteiger partial charge in [-0.15, -0.1) is 0 Å². The molecule has 0 aromatic heterocycles. The fraction of sp³-hybridized carbons (Fsp3) is 0.889. The van der Waals surface area contributed by atoms with Gasteiger partial charge >= 0.3 is 0 Å². The minimum atomic E-state index is 0.0239. The van der Waals surface area contributed by atoms with E-state index < -0.39 is 0 Å². The van der Waals surface area contributed by atoms with Crippen LogP contribution in [-0.2, 0) is 4.79 Å². The minimum Gasteiger partial charge on any atom is -0.358 e. The van der Waals surface area contributed by atoms with Crippen molar-refractivity contribution in [3.05, 3.63) is 0 Å². The molecule has 0 unspecified atom stereocenters. The van der Waals surface area contributed by atoms with Crippen molar-refractivity contribution < 1.29 is 4.79 Å². The number of hydrogen-bond acceptors (Lipinski definition) is 3. The Morgan fingerprint density at radius 2 is 1.85 bits per heavy atom. The van der Waals surface area contributed by atoms with E-state index in [0.717, 1.165) is 13.1 Å². The fourth-order valence-corrected chi connectivity index (χ4v) is 0.816. The summed E-state index contributed by atoms with van der Waals surface area (Å²) in [6.45, 7) is 8.43. The Morgan fingerprint density at radius 3 is 2.31 bits per heavy atom. The van der Waals surface area contributed by atoms with Crippen LogP contribution in [0.3, 0.4) is 0 Å². The maximum atomic E-state index is 10.8. The standard InChI is InChI=1S/C9H21N3O/c1-9(2,3)12-6-5-11-7-8(13)10-4/h11-12H,5-7H2,1-4H3,(H,10,13). The lowest BCUT2D eigenvalue weighted by Crippen LogP contribution is -2.41. The zero-order chi connectivity index (χ0) is 10.3. The summed E-state index contributed by atoms with van der Waals surface area (Å²) in [6.07, 6.45) is 0. The first-order chi connectivity index (χ1) is 5.95. The van der Waals surface area contributed by atoms with Gasteiger partial charge < -0.3 is 16.0 Å². The molecule has 0 rings (SSSR count). The molecular weight excluding hydrogens is 166 g/mol. The van der Waals surface area contributed by atoms with E-state index in [4.69, 9.17) is 0 Å². The van der Waals surface area contributed by atoms with Gasteiger partial charge in [-0.05, 0) is 20.8 Å². The zero-order valence-corrected chi connectivity index (χ0v) is 9.03. The first kappa shape index (κ1) is 12.4. The highest BCUT2D eigenvalue weighted by molar-refractivity contribution is 5.77. The molecule has 78 valence electrons. The van der Waals surface area contributed by atoms with Gasteiger partial charge in [0.05, 0.1) is 6.54 Å². The first-order valence-electron chi connectivity index (χ1n) is 4.62. The Hall–Kier alpha value is -0.610. The predicted octanol–water partition coefficient (Wildman–Crippen LogP) is -0.290. The highest BCUT2D eigenvalue weighted by Gasteiger charge is 2.06. The van der Waals surface area contributed by atoms with Crippen molar-refractivity contribution in [2.45, 2.75) is 26.3 Å². The van der Waals surface area contributed by atoms with E-state index in [0.29, 0.717) is 6.54 Å². The van der Waals surface area contributed by atoms with E-state index in [-0.39, 0.29) is 11.4 Å². The third-order valence-electron chi connectivity index (χ3n) is 1.52. The fourth-order valence-electron chi connectivity index (χ4n) is 0.816. The molecule has 0 saturated carbocycles. The van der Waals surface area contributed by atoms with Gasteiger partial charge in [0.1, 0.15) is 0 Å². The van der Waals surface area contributed by atoms with Crippen molar-refractivity contribution in [1.29, 1.82) is 0 Å². The summed E-state index contributed by atoms with van der Waals surface area (Å²) in [4.78, 5) is 10.8. The van der Waals surface area contributed by atoms with E-state index in [1.165, 1.54) is 0 Å². The van der Waals surface area contributed by atoms with Crippen molar-refractivity contribution in [1.82, 2.24) is 16.0 Å². The monoisotopic (exact) mass is 187 g/mol. The Kier molecular flexibility index (Phi) is 5.66. The molecule has 0 bridgehead atoms. The molecule has 4 nitrogen and oxygen atoms in total. The van der Waals surface area contributed by atoms with Crippen LogP contribution in [0.25, 0.3) is 0 Å². The van der Waals surface area contributed by atoms with Crippen molar-refractivity contribution in [3.63, 3.8) is 0 Å². The number of carbonyl (C=O) groups excluding carboxylic acids is 1. The third-order valence-corrected chi connectivity index (χ3v) is 1.52. The normalized spacial score (nSPS) is 11.4. The summed E-state index contributed by atoms with van der Waals surface area (Å²) in [5, 5.41) is 8.90. The SMILES string of the molecule is CNC(=O)CNCCNC(C)(C)C. The lowest BCUT2D eigenvalue weighted by Gasteiger charge is -2.20. The van der Waals surface area contributed by atoms with Crippen molar-refractivity contribution in [3.8, 4) is 0 Å². The lowest BCUT2D eigenvalue weighted by atomic mass is 10.1. The molecule has 0 aliphatic carbocycles. The highest BCUT2D eigenvalue weighted by atomic mass is 16.1. The molecular formula is C9H21N3O. The van der Waals surface area contributed by atoms with Gasteiger partial charge in [0.2, 0.25) is 5.91 Å². The van der Waals surface area contributed by atoms with Gasteiger partial charge in [-0.2, -0.15) is 0 Å². The molecule has 0 aliphatic rings. The van der Waals surface area contributed by atoms with Gasteiger partial charge in [-0.25, -0.2) is 0 Å². The van der Waals surface area contributed by atoms with Crippen LogP contribution in [-0.4, -0.2) is 38.1 Å². The second-order valence-corrected chi connectivity index (χ2v) is 4.03. The summed E-state index contributed by atoms with van der Waals surface area (Å²) in [7, 11) is 1.64. The molecule has 0 saturated heterocycles. The molecule has 0 aliphatic heterocycles. The molecule has 0 aromatic carbocycles. The van der Waals surface area contributed by atoms with E-state index in [2.05, 4.69) is 36.7 Å². The number of likely N-dealkylation sites (N-methyl/N-ethyl adjacent to an activating group) is 1. The number of carbonyl (C=O) groups is 1. The number of nitrogens with one attached hydrogen (secondary N) is 3. The van der Waals surface area contributed by atoms with Crippen molar-refractivity contribution in [2.75, 3.05) is 26.7 Å². The Labute approximate surface area is 80.5 Å². The topological polar surface area (TPSA) is 53.2 Å². The van der Waals surface area contributed by atoms with E-state index in [1.54, 1.807) is 7.05 Å². The van der Waals surface area contributed by atoms with Crippen LogP contribution in [0.2, 0.25) is 0 Å². The van der Waals surface area contributed by atoms with Crippen LogP contribution in [0, 0.1) is 0 Å². The molecule has 0 spiro atoms. The highest BCUT2D eigenvalue weighted by Crippen LogP contribution is 1.95. The molecule has 0 radical (unpaired) electrons. The number of amides is 1. The summed E-state index contributed by atoms with van der Waals surface area (Å²) < 4.78 is 0. The Bertz CT molecular complexity index is 151. The molecule has 0 atom stereocenters. The lowest BCUT2D eigenvalue weighted by molar-refractivity contribution is -0.119. The smallest absolute Gasteiger partial charge is 0.233 e. The van der Waals surface area contributed by atoms with E-state index in [9.17, 15) is 4.79 Å². The van der Waals surface area contributed by atoms with E-state index in [1.807, 2.05) is 0 Å². The summed E-state index contributed by atoms with van der Waals surface area (Å²) >= 11 is 0. The average molecular weight is 187 g/mol. The van der Waals surface area contributed by atoms with Crippen LogP contribution in [0.15, 0.2) is 0 Å². The van der Waals surface area contributed by atoms with Crippen LogP contribution < -0.4 is 16.0 Å². The molecule has 0 aromatic rings. The largest absolute Gasteiger partial charge is 0.358 e.